The van der Waals surface area contributed by atoms with Crippen LogP contribution < -0.4 is 5.32 Å². The number of benzene rings is 1. The summed E-state index contributed by atoms with van der Waals surface area (Å²) in [6, 6.07) is 9.47. The number of thioether (sulfide) groups is 1. The van der Waals surface area contributed by atoms with E-state index >= 15 is 0 Å². The van der Waals surface area contributed by atoms with E-state index in [1.807, 2.05) is 30.3 Å². The predicted molar refractivity (Wildman–Crippen MR) is 81.4 cm³/mol. The minimum absolute atomic E-state index is 0.169. The van der Waals surface area contributed by atoms with Crippen LogP contribution in [-0.2, 0) is 4.79 Å². The number of nitriles is 1. The van der Waals surface area contributed by atoms with Gasteiger partial charge in [0.15, 0.2) is 0 Å². The lowest BCUT2D eigenvalue weighted by Gasteiger charge is -1.99. The Morgan fingerprint density at radius 2 is 2.33 bits per heavy atom. The average molecular weight is 367 g/mol. The van der Waals surface area contributed by atoms with Gasteiger partial charge in [-0.1, -0.05) is 33.8 Å². The maximum Gasteiger partial charge on any atom is 0.277 e. The van der Waals surface area contributed by atoms with Crippen molar-refractivity contribution in [1.29, 1.82) is 5.26 Å². The molecule has 1 amide bonds. The third-order valence-corrected chi connectivity index (χ3v) is 3.68. The number of amides is 1. The third kappa shape index (κ3) is 4.88. The highest BCUT2D eigenvalue weighted by atomic mass is 79.9. The Balaban J connectivity index is 1.89. The molecule has 0 aliphatic rings. The molecule has 2 aromatic rings. The standard InChI is InChI=1S/C13H11BrN4O2S/c14-10-4-1-3-9(7-10)12-17-18-13(20-12)21-8-11(19)16-6-2-5-15/h1,3-4,7H,2,6,8H2,(H,16,19). The van der Waals surface area contributed by atoms with Crippen LogP contribution in [0.1, 0.15) is 6.42 Å². The summed E-state index contributed by atoms with van der Waals surface area (Å²) in [5.74, 6) is 0.409. The predicted octanol–water partition coefficient (Wildman–Crippen LogP) is 2.62. The number of hydrogen-bond donors (Lipinski definition) is 1. The second-order valence-corrected chi connectivity index (χ2v) is 5.77. The maximum absolute atomic E-state index is 11.5. The molecule has 2 rings (SSSR count). The van der Waals surface area contributed by atoms with E-state index in [2.05, 4.69) is 31.4 Å². The summed E-state index contributed by atoms with van der Waals surface area (Å²) in [5, 5.41) is 19.2. The van der Waals surface area contributed by atoms with E-state index in [4.69, 9.17) is 9.68 Å². The van der Waals surface area contributed by atoms with Gasteiger partial charge in [-0.05, 0) is 18.2 Å². The molecule has 0 aliphatic carbocycles. The van der Waals surface area contributed by atoms with Gasteiger partial charge in [0.2, 0.25) is 11.8 Å². The van der Waals surface area contributed by atoms with Crippen molar-refractivity contribution < 1.29 is 9.21 Å². The maximum atomic E-state index is 11.5. The van der Waals surface area contributed by atoms with E-state index in [-0.39, 0.29) is 11.7 Å². The van der Waals surface area contributed by atoms with E-state index in [0.29, 0.717) is 24.1 Å². The minimum Gasteiger partial charge on any atom is -0.411 e. The topological polar surface area (TPSA) is 91.8 Å². The molecule has 0 saturated carbocycles. The lowest BCUT2D eigenvalue weighted by molar-refractivity contribution is -0.118. The molecule has 0 spiro atoms. The van der Waals surface area contributed by atoms with Gasteiger partial charge in [-0.3, -0.25) is 4.79 Å². The lowest BCUT2D eigenvalue weighted by atomic mass is 10.2. The summed E-state index contributed by atoms with van der Waals surface area (Å²) in [4.78, 5) is 11.5. The molecule has 0 fully saturated rings. The molecule has 1 heterocycles. The van der Waals surface area contributed by atoms with Crippen molar-refractivity contribution in [2.45, 2.75) is 11.6 Å². The van der Waals surface area contributed by atoms with Crippen LogP contribution in [0.3, 0.4) is 0 Å². The number of aromatic nitrogens is 2. The van der Waals surface area contributed by atoms with Crippen molar-refractivity contribution in [2.75, 3.05) is 12.3 Å². The number of nitrogens with zero attached hydrogens (tertiary/aromatic N) is 3. The molecule has 0 unspecified atom stereocenters. The average Bonchev–Trinajstić information content (AvgIpc) is 2.94. The van der Waals surface area contributed by atoms with Crippen molar-refractivity contribution in [1.82, 2.24) is 15.5 Å². The van der Waals surface area contributed by atoms with Crippen molar-refractivity contribution in [2.24, 2.45) is 0 Å². The highest BCUT2D eigenvalue weighted by Crippen LogP contribution is 2.25. The van der Waals surface area contributed by atoms with Crippen LogP contribution in [0.15, 0.2) is 38.4 Å². The first-order chi connectivity index (χ1) is 10.2. The Hall–Kier alpha value is -1.85. The fourth-order valence-corrected chi connectivity index (χ4v) is 2.43. The first-order valence-corrected chi connectivity index (χ1v) is 7.83. The zero-order chi connectivity index (χ0) is 15.1. The van der Waals surface area contributed by atoms with Crippen LogP contribution in [-0.4, -0.2) is 28.4 Å². The molecule has 1 N–H and O–H groups in total. The summed E-state index contributed by atoms with van der Waals surface area (Å²) in [6.07, 6.45) is 0.296. The van der Waals surface area contributed by atoms with E-state index in [1.165, 1.54) is 0 Å². The van der Waals surface area contributed by atoms with Crippen molar-refractivity contribution in [3.05, 3.63) is 28.7 Å². The highest BCUT2D eigenvalue weighted by molar-refractivity contribution is 9.10. The molecular weight excluding hydrogens is 356 g/mol. The second-order valence-electron chi connectivity index (χ2n) is 3.93. The van der Waals surface area contributed by atoms with Gasteiger partial charge in [0.05, 0.1) is 18.2 Å². The molecule has 0 radical (unpaired) electrons. The van der Waals surface area contributed by atoms with Crippen LogP contribution in [0.4, 0.5) is 0 Å². The Labute approximate surface area is 134 Å². The number of carbonyl (C=O) groups is 1. The molecule has 0 atom stereocenters. The van der Waals surface area contributed by atoms with Gasteiger partial charge >= 0.3 is 0 Å². The molecule has 0 saturated heterocycles. The van der Waals surface area contributed by atoms with E-state index in [0.717, 1.165) is 21.8 Å². The van der Waals surface area contributed by atoms with Gasteiger partial charge in [0.25, 0.3) is 5.22 Å². The first-order valence-electron chi connectivity index (χ1n) is 6.05. The molecule has 1 aromatic heterocycles. The van der Waals surface area contributed by atoms with E-state index in [1.54, 1.807) is 0 Å². The van der Waals surface area contributed by atoms with Crippen molar-refractivity contribution >= 4 is 33.6 Å². The SMILES string of the molecule is N#CCCNC(=O)CSc1nnc(-c2cccc(Br)c2)o1. The fourth-order valence-electron chi connectivity index (χ4n) is 1.44. The zero-order valence-corrected chi connectivity index (χ0v) is 13.3. The first kappa shape index (κ1) is 15.5. The Morgan fingerprint density at radius 3 is 3.10 bits per heavy atom. The molecule has 1 aromatic carbocycles. The van der Waals surface area contributed by atoms with Gasteiger partial charge in [0, 0.05) is 16.6 Å². The number of carbonyl (C=O) groups excluding carboxylic acids is 1. The highest BCUT2D eigenvalue weighted by Gasteiger charge is 2.11. The van der Waals surface area contributed by atoms with Crippen LogP contribution in [0.25, 0.3) is 11.5 Å². The van der Waals surface area contributed by atoms with Gasteiger partial charge in [-0.15, -0.1) is 10.2 Å². The van der Waals surface area contributed by atoms with E-state index in [9.17, 15) is 4.79 Å². The fraction of sp³-hybridized carbons (Fsp3) is 0.231. The Kier molecular flexibility index (Phi) is 5.78. The molecule has 108 valence electrons. The quantitative estimate of drug-likeness (QED) is 0.623. The van der Waals surface area contributed by atoms with Gasteiger partial charge in [0.1, 0.15) is 0 Å². The second kappa shape index (κ2) is 7.81. The van der Waals surface area contributed by atoms with Crippen LogP contribution >= 0.6 is 27.7 Å². The summed E-state index contributed by atoms with van der Waals surface area (Å²) >= 11 is 4.53. The smallest absolute Gasteiger partial charge is 0.277 e. The zero-order valence-electron chi connectivity index (χ0n) is 10.9. The molecule has 21 heavy (non-hydrogen) atoms. The normalized spacial score (nSPS) is 10.1. The van der Waals surface area contributed by atoms with Crippen molar-refractivity contribution in [3.8, 4) is 17.5 Å². The Morgan fingerprint density at radius 1 is 1.48 bits per heavy atom. The monoisotopic (exact) mass is 366 g/mol. The summed E-state index contributed by atoms with van der Waals surface area (Å²) in [6.45, 7) is 0.350. The molecule has 8 heteroatoms. The number of hydrogen-bond acceptors (Lipinski definition) is 6. The number of halogens is 1. The summed E-state index contributed by atoms with van der Waals surface area (Å²) < 4.78 is 6.41. The molecule has 6 nitrogen and oxygen atoms in total. The van der Waals surface area contributed by atoms with Gasteiger partial charge < -0.3 is 9.73 Å². The largest absolute Gasteiger partial charge is 0.411 e. The molecular formula is C13H11BrN4O2S. The van der Waals surface area contributed by atoms with Crippen LogP contribution in [0.5, 0.6) is 0 Å². The Bertz CT molecular complexity index is 668. The van der Waals surface area contributed by atoms with Gasteiger partial charge in [-0.25, -0.2) is 0 Å². The molecule has 0 aliphatic heterocycles. The number of rotatable bonds is 6. The third-order valence-electron chi connectivity index (χ3n) is 2.36. The molecule has 0 bridgehead atoms. The van der Waals surface area contributed by atoms with Crippen LogP contribution in [0.2, 0.25) is 0 Å². The lowest BCUT2D eigenvalue weighted by Crippen LogP contribution is -2.25. The minimum atomic E-state index is -0.169. The summed E-state index contributed by atoms with van der Waals surface area (Å²) in [5.41, 5.74) is 0.808. The van der Waals surface area contributed by atoms with Crippen molar-refractivity contribution in [3.63, 3.8) is 0 Å². The number of nitrogens with one attached hydrogen (secondary N) is 1. The van der Waals surface area contributed by atoms with Crippen LogP contribution in [0, 0.1) is 11.3 Å². The van der Waals surface area contributed by atoms with E-state index < -0.39 is 0 Å². The van der Waals surface area contributed by atoms with Gasteiger partial charge in [-0.2, -0.15) is 5.26 Å². The summed E-state index contributed by atoms with van der Waals surface area (Å²) in [7, 11) is 0.